The summed E-state index contributed by atoms with van der Waals surface area (Å²) >= 11 is 0. The van der Waals surface area contributed by atoms with E-state index >= 15 is 8.78 Å². The van der Waals surface area contributed by atoms with Crippen molar-refractivity contribution in [3.05, 3.63) is 99.2 Å². The second-order valence-electron chi connectivity index (χ2n) is 19.6. The molecule has 11 rings (SSSR count). The van der Waals surface area contributed by atoms with Crippen molar-refractivity contribution in [3.8, 4) is 0 Å². The number of para-hydroxylation sites is 1. The molecular weight excluding hydrogens is 827 g/mol. The Morgan fingerprint density at radius 2 is 1.47 bits per heavy atom. The smallest absolute Gasteiger partial charge is 0.262 e. The number of carbonyl (C=O) groups excluding carboxylic acids is 4. The Balaban J connectivity index is 0.679. The summed E-state index contributed by atoms with van der Waals surface area (Å²) in [6, 6.07) is 12.6. The molecule has 4 aromatic rings. The molecule has 1 aromatic heterocycles. The number of nitrogens with one attached hydrogen (secondary N) is 2. The number of carbonyl (C=O) groups is 4. The van der Waals surface area contributed by atoms with Crippen molar-refractivity contribution in [3.63, 3.8) is 0 Å². The molecule has 0 bridgehead atoms. The zero-order chi connectivity index (χ0) is 44.0. The zero-order valence-corrected chi connectivity index (χ0v) is 35.8. The van der Waals surface area contributed by atoms with Crippen LogP contribution in [0.2, 0.25) is 0 Å². The van der Waals surface area contributed by atoms with Crippen molar-refractivity contribution in [2.75, 3.05) is 50.7 Å². The molecule has 3 saturated heterocycles. The molecule has 1 saturated carbocycles. The van der Waals surface area contributed by atoms with Crippen LogP contribution >= 0.6 is 0 Å². The van der Waals surface area contributed by atoms with Gasteiger partial charge in [0.1, 0.15) is 17.7 Å². The van der Waals surface area contributed by atoms with Gasteiger partial charge in [-0.25, -0.2) is 17.6 Å². The summed E-state index contributed by atoms with van der Waals surface area (Å²) in [4.78, 5) is 64.1. The van der Waals surface area contributed by atoms with Crippen molar-refractivity contribution >= 4 is 40.2 Å². The first-order valence-corrected chi connectivity index (χ1v) is 23.1. The zero-order valence-electron chi connectivity index (χ0n) is 35.8. The van der Waals surface area contributed by atoms with Crippen molar-refractivity contribution in [2.45, 2.75) is 102 Å². The van der Waals surface area contributed by atoms with Crippen LogP contribution in [0.25, 0.3) is 10.9 Å². The molecule has 3 aromatic carbocycles. The van der Waals surface area contributed by atoms with Crippen molar-refractivity contribution in [1.82, 2.24) is 29.9 Å². The third-order valence-electron chi connectivity index (χ3n) is 16.0. The summed E-state index contributed by atoms with van der Waals surface area (Å²) in [5, 5.41) is 3.21. The molecule has 1 aliphatic carbocycles. The summed E-state index contributed by atoms with van der Waals surface area (Å²) in [6.07, 6.45) is 5.69. The molecular formula is C49H53F4N7O4. The normalized spacial score (nSPS) is 25.5. The first kappa shape index (κ1) is 41.6. The van der Waals surface area contributed by atoms with E-state index in [0.29, 0.717) is 59.4 Å². The summed E-state index contributed by atoms with van der Waals surface area (Å²) in [5.74, 6) is -2.86. The third kappa shape index (κ3) is 7.22. The minimum Gasteiger partial charge on any atom is -0.371 e. The number of hydrogen-bond acceptors (Lipinski definition) is 8. The van der Waals surface area contributed by atoms with E-state index in [9.17, 15) is 28.0 Å². The van der Waals surface area contributed by atoms with Gasteiger partial charge in [0.15, 0.2) is 0 Å². The van der Waals surface area contributed by atoms with Gasteiger partial charge in [0.2, 0.25) is 11.8 Å². The number of rotatable bonds is 8. The number of imide groups is 2. The number of aromatic nitrogens is 1. The van der Waals surface area contributed by atoms with Gasteiger partial charge < -0.3 is 14.8 Å². The Morgan fingerprint density at radius 1 is 0.781 bits per heavy atom. The van der Waals surface area contributed by atoms with Gasteiger partial charge in [0.05, 0.1) is 23.7 Å². The van der Waals surface area contributed by atoms with E-state index in [-0.39, 0.29) is 24.9 Å². The maximum Gasteiger partial charge on any atom is 0.262 e. The van der Waals surface area contributed by atoms with Crippen LogP contribution in [-0.4, -0.2) is 113 Å². The average Bonchev–Trinajstić information content (AvgIpc) is 4.04. The van der Waals surface area contributed by atoms with Crippen LogP contribution in [0.1, 0.15) is 112 Å². The van der Waals surface area contributed by atoms with E-state index in [1.807, 2.05) is 36.4 Å². The fourth-order valence-corrected chi connectivity index (χ4v) is 12.6. The lowest BCUT2D eigenvalue weighted by Crippen LogP contribution is -2.54. The van der Waals surface area contributed by atoms with Gasteiger partial charge in [-0.15, -0.1) is 0 Å². The number of H-pyrrole nitrogens is 1. The molecule has 4 fully saturated rings. The van der Waals surface area contributed by atoms with Gasteiger partial charge in [-0.2, -0.15) is 0 Å². The van der Waals surface area contributed by atoms with E-state index < -0.39 is 60.3 Å². The van der Waals surface area contributed by atoms with E-state index in [2.05, 4.69) is 25.0 Å². The number of aromatic amines is 1. The molecule has 4 amide bonds. The van der Waals surface area contributed by atoms with Crippen molar-refractivity contribution in [1.29, 1.82) is 0 Å². The highest BCUT2D eigenvalue weighted by Gasteiger charge is 2.48. The number of benzene rings is 3. The predicted molar refractivity (Wildman–Crippen MR) is 231 cm³/mol. The maximum atomic E-state index is 16.2. The molecule has 3 atom stereocenters. The molecule has 7 aliphatic rings. The van der Waals surface area contributed by atoms with Gasteiger partial charge in [-0.3, -0.25) is 39.2 Å². The minimum atomic E-state index is -2.64. The van der Waals surface area contributed by atoms with E-state index in [1.165, 1.54) is 23.5 Å². The predicted octanol–water partition coefficient (Wildman–Crippen LogP) is 6.93. The highest BCUT2D eigenvalue weighted by Crippen LogP contribution is 2.50. The number of piperidine rings is 3. The van der Waals surface area contributed by atoms with Crippen LogP contribution in [0, 0.1) is 23.0 Å². The first-order valence-electron chi connectivity index (χ1n) is 23.1. The van der Waals surface area contributed by atoms with Gasteiger partial charge >= 0.3 is 0 Å². The van der Waals surface area contributed by atoms with Crippen LogP contribution in [0.3, 0.4) is 0 Å². The summed E-state index contributed by atoms with van der Waals surface area (Å²) in [7, 11) is 0. The molecule has 15 heteroatoms. The number of amides is 4. The second kappa shape index (κ2) is 16.1. The van der Waals surface area contributed by atoms with Crippen molar-refractivity contribution < 1.29 is 36.7 Å². The number of halogens is 4. The second-order valence-corrected chi connectivity index (χ2v) is 19.6. The Bertz CT molecular complexity index is 2500. The lowest BCUT2D eigenvalue weighted by atomic mass is 9.76. The fraction of sp³-hybridized carbons (Fsp3) is 0.510. The number of nitrogens with zero attached hydrogens (tertiary/aromatic N) is 5. The Hall–Kier alpha value is -5.12. The Labute approximate surface area is 369 Å². The average molecular weight is 880 g/mol. The van der Waals surface area contributed by atoms with Crippen LogP contribution < -0.4 is 10.2 Å². The number of anilines is 1. The van der Waals surface area contributed by atoms with Crippen molar-refractivity contribution in [2.24, 2.45) is 11.3 Å². The Morgan fingerprint density at radius 3 is 2.14 bits per heavy atom. The van der Waals surface area contributed by atoms with E-state index in [1.54, 1.807) is 0 Å². The topological polar surface area (TPSA) is 112 Å². The van der Waals surface area contributed by atoms with E-state index in [4.69, 9.17) is 0 Å². The monoisotopic (exact) mass is 879 g/mol. The molecule has 2 N–H and O–H groups in total. The Kier molecular flexibility index (Phi) is 10.5. The van der Waals surface area contributed by atoms with Crippen LogP contribution in [-0.2, 0) is 29.1 Å². The van der Waals surface area contributed by atoms with E-state index in [0.717, 1.165) is 104 Å². The molecule has 7 heterocycles. The number of alkyl halides is 2. The molecule has 11 nitrogen and oxygen atoms in total. The highest BCUT2D eigenvalue weighted by atomic mass is 19.3. The molecule has 64 heavy (non-hydrogen) atoms. The first-order chi connectivity index (χ1) is 30.9. The van der Waals surface area contributed by atoms with Gasteiger partial charge in [0, 0.05) is 79.6 Å². The van der Waals surface area contributed by atoms with Gasteiger partial charge in [0.25, 0.3) is 18.2 Å². The van der Waals surface area contributed by atoms with Crippen LogP contribution in [0.4, 0.5) is 23.2 Å². The standard InChI is InChI=1S/C49H53F4N7O4/c50-37-21-32(22-38(51)43(37)45-44-34(10-16-58(45)27-41(52)53)33-3-1-2-4-39(33)54-44)57-14-8-28(9-15-57)24-56-17-12-49(13-18-56)11-7-31(23-49)59-25-29-19-35-36(20-30(29)26-59)48(64)60(47(35)63)40-5-6-42(61)55-46(40)62/h1-4,19-22,28,31,40-41,45,54H,5-18,23-27H2,(H,55,61,62). The molecule has 336 valence electrons. The van der Waals surface area contributed by atoms with Gasteiger partial charge in [-0.1, -0.05) is 18.2 Å². The molecule has 0 radical (unpaired) electrons. The summed E-state index contributed by atoms with van der Waals surface area (Å²) < 4.78 is 60.0. The number of fused-ring (bicyclic) bond motifs is 5. The van der Waals surface area contributed by atoms with Gasteiger partial charge in [-0.05, 0) is 129 Å². The number of likely N-dealkylation sites (tertiary alicyclic amines) is 1. The van der Waals surface area contributed by atoms with Crippen LogP contribution in [0.5, 0.6) is 0 Å². The SMILES string of the molecule is O=C1CCC(N2C(=O)c3cc4c(cc3C2=O)CN(C2CCC3(CCN(CC5CCN(c6cc(F)c(C7c8[nH]c9ccccc9c8CCN7CC(F)F)c(F)c6)CC5)CC3)C2)C4)C(=O)N1. The summed E-state index contributed by atoms with van der Waals surface area (Å²) in [6.45, 7) is 5.64. The number of hydrogen-bond donors (Lipinski definition) is 2. The fourth-order valence-electron chi connectivity index (χ4n) is 12.6. The minimum absolute atomic E-state index is 0.0917. The molecule has 3 unspecified atom stereocenters. The molecule has 1 spiro atoms. The lowest BCUT2D eigenvalue weighted by Gasteiger charge is -2.42. The highest BCUT2D eigenvalue weighted by molar-refractivity contribution is 6.23. The quantitative estimate of drug-likeness (QED) is 0.145. The largest absolute Gasteiger partial charge is 0.371 e. The summed E-state index contributed by atoms with van der Waals surface area (Å²) in [5.41, 5.74) is 5.75. The molecule has 6 aliphatic heterocycles. The lowest BCUT2D eigenvalue weighted by molar-refractivity contribution is -0.136. The maximum absolute atomic E-state index is 16.2. The third-order valence-corrected chi connectivity index (χ3v) is 16.0. The van der Waals surface area contributed by atoms with Crippen LogP contribution in [0.15, 0.2) is 48.5 Å².